The van der Waals surface area contributed by atoms with Crippen LogP contribution in [0.15, 0.2) is 0 Å². The fourth-order valence-electron chi connectivity index (χ4n) is 2.21. The van der Waals surface area contributed by atoms with E-state index in [1.54, 1.807) is 0 Å². The summed E-state index contributed by atoms with van der Waals surface area (Å²) in [7, 11) is 0. The fraction of sp³-hybridized carbons (Fsp3) is 0.941. The van der Waals surface area contributed by atoms with Crippen molar-refractivity contribution in [1.82, 2.24) is 5.48 Å². The van der Waals surface area contributed by atoms with E-state index in [1.807, 2.05) is 0 Å². The molecule has 0 unspecified atom stereocenters. The highest BCUT2D eigenvalue weighted by Gasteiger charge is 2.02. The zero-order chi connectivity index (χ0) is 14.9. The molecule has 0 bridgehead atoms. The standard InChI is InChI=1S/C17H35NO2/c1-3-5-7-8-9-10-11-12-13-15-17(19)20-18-16-14-6-4-2/h18H,3-16H2,1-2H3. The number of rotatable bonds is 15. The number of hydrogen-bond acceptors (Lipinski definition) is 3. The molecule has 0 saturated carbocycles. The smallest absolute Gasteiger partial charge is 0.324 e. The van der Waals surface area contributed by atoms with Gasteiger partial charge in [0, 0.05) is 13.0 Å². The Labute approximate surface area is 125 Å². The Morgan fingerprint density at radius 1 is 0.750 bits per heavy atom. The molecule has 0 saturated heterocycles. The topological polar surface area (TPSA) is 38.3 Å². The highest BCUT2D eigenvalue weighted by atomic mass is 16.7. The van der Waals surface area contributed by atoms with E-state index in [4.69, 9.17) is 4.84 Å². The maximum absolute atomic E-state index is 11.4. The number of unbranched alkanes of at least 4 members (excludes halogenated alkanes) is 10. The summed E-state index contributed by atoms with van der Waals surface area (Å²) >= 11 is 0. The minimum Gasteiger partial charge on any atom is -0.371 e. The molecule has 0 fully saturated rings. The van der Waals surface area contributed by atoms with Crippen molar-refractivity contribution in [3.05, 3.63) is 0 Å². The quantitative estimate of drug-likeness (QED) is 0.334. The van der Waals surface area contributed by atoms with E-state index in [0.717, 1.165) is 25.8 Å². The molecule has 0 radical (unpaired) electrons. The molecule has 0 spiro atoms. The van der Waals surface area contributed by atoms with E-state index in [9.17, 15) is 4.79 Å². The molecule has 120 valence electrons. The van der Waals surface area contributed by atoms with Crippen LogP contribution in [0, 0.1) is 0 Å². The summed E-state index contributed by atoms with van der Waals surface area (Å²) in [5, 5.41) is 0. The monoisotopic (exact) mass is 285 g/mol. The first-order valence-electron chi connectivity index (χ1n) is 8.73. The lowest BCUT2D eigenvalue weighted by Crippen LogP contribution is -2.20. The molecule has 0 aromatic carbocycles. The largest absolute Gasteiger partial charge is 0.371 e. The Hall–Kier alpha value is -0.570. The summed E-state index contributed by atoms with van der Waals surface area (Å²) < 4.78 is 0. The Morgan fingerprint density at radius 2 is 1.25 bits per heavy atom. The van der Waals surface area contributed by atoms with Crippen LogP contribution in [0.4, 0.5) is 0 Å². The predicted octanol–water partition coefficient (Wildman–Crippen LogP) is 5.15. The molecular formula is C17H35NO2. The molecule has 3 heteroatoms. The first-order chi connectivity index (χ1) is 9.81. The molecule has 0 aliphatic rings. The van der Waals surface area contributed by atoms with Gasteiger partial charge in [0.1, 0.15) is 0 Å². The molecule has 0 aromatic rings. The van der Waals surface area contributed by atoms with E-state index in [1.165, 1.54) is 57.8 Å². The summed E-state index contributed by atoms with van der Waals surface area (Å²) in [4.78, 5) is 16.4. The summed E-state index contributed by atoms with van der Waals surface area (Å²) in [6, 6.07) is 0. The van der Waals surface area contributed by atoms with Crippen molar-refractivity contribution in [2.75, 3.05) is 6.54 Å². The van der Waals surface area contributed by atoms with Gasteiger partial charge in [0.2, 0.25) is 0 Å². The van der Waals surface area contributed by atoms with Gasteiger partial charge in [0.05, 0.1) is 0 Å². The van der Waals surface area contributed by atoms with Crippen LogP contribution in [0.2, 0.25) is 0 Å². The molecular weight excluding hydrogens is 250 g/mol. The molecule has 0 aliphatic carbocycles. The first kappa shape index (κ1) is 19.4. The van der Waals surface area contributed by atoms with Crippen LogP contribution in [-0.4, -0.2) is 12.5 Å². The predicted molar refractivity (Wildman–Crippen MR) is 85.5 cm³/mol. The van der Waals surface area contributed by atoms with Gasteiger partial charge in [-0.15, -0.1) is 0 Å². The highest BCUT2D eigenvalue weighted by molar-refractivity contribution is 5.68. The van der Waals surface area contributed by atoms with Crippen LogP contribution in [-0.2, 0) is 9.63 Å². The fourth-order valence-corrected chi connectivity index (χ4v) is 2.21. The van der Waals surface area contributed by atoms with Gasteiger partial charge in [-0.3, -0.25) is 4.79 Å². The second-order valence-electron chi connectivity index (χ2n) is 5.65. The number of carbonyl (C=O) groups excluding carboxylic acids is 1. The summed E-state index contributed by atoms with van der Waals surface area (Å²) in [5.41, 5.74) is 2.75. The Kier molecular flexibility index (Phi) is 16.0. The number of nitrogens with one attached hydrogen (secondary N) is 1. The second kappa shape index (κ2) is 16.5. The van der Waals surface area contributed by atoms with Gasteiger partial charge >= 0.3 is 5.97 Å². The van der Waals surface area contributed by atoms with Gasteiger partial charge in [-0.25, -0.2) is 0 Å². The normalized spacial score (nSPS) is 10.7. The van der Waals surface area contributed by atoms with Crippen LogP contribution < -0.4 is 5.48 Å². The lowest BCUT2D eigenvalue weighted by molar-refractivity contribution is -0.151. The van der Waals surface area contributed by atoms with Gasteiger partial charge < -0.3 is 4.84 Å². The van der Waals surface area contributed by atoms with Crippen molar-refractivity contribution in [3.63, 3.8) is 0 Å². The summed E-state index contributed by atoms with van der Waals surface area (Å²) in [6.45, 7) is 5.19. The minimum atomic E-state index is -0.107. The summed E-state index contributed by atoms with van der Waals surface area (Å²) in [6.07, 6.45) is 15.5. The third-order valence-corrected chi connectivity index (χ3v) is 3.55. The van der Waals surface area contributed by atoms with Crippen molar-refractivity contribution in [2.45, 2.75) is 97.3 Å². The molecule has 3 nitrogen and oxygen atoms in total. The maximum atomic E-state index is 11.4. The Morgan fingerprint density at radius 3 is 1.85 bits per heavy atom. The Bertz CT molecular complexity index is 207. The lowest BCUT2D eigenvalue weighted by Gasteiger charge is -2.05. The SMILES string of the molecule is CCCCCCCCCCCC(=O)ONCCCCC. The third kappa shape index (κ3) is 15.5. The zero-order valence-corrected chi connectivity index (χ0v) is 13.7. The van der Waals surface area contributed by atoms with E-state index >= 15 is 0 Å². The average molecular weight is 285 g/mol. The van der Waals surface area contributed by atoms with Crippen molar-refractivity contribution in [1.29, 1.82) is 0 Å². The van der Waals surface area contributed by atoms with E-state index < -0.39 is 0 Å². The van der Waals surface area contributed by atoms with Crippen LogP contribution in [0.3, 0.4) is 0 Å². The van der Waals surface area contributed by atoms with Crippen LogP contribution in [0.1, 0.15) is 97.3 Å². The van der Waals surface area contributed by atoms with Crippen molar-refractivity contribution < 1.29 is 9.63 Å². The maximum Gasteiger partial charge on any atom is 0.324 e. The molecule has 0 aromatic heterocycles. The Balaban J connectivity index is 3.11. The van der Waals surface area contributed by atoms with Crippen molar-refractivity contribution >= 4 is 5.97 Å². The van der Waals surface area contributed by atoms with Gasteiger partial charge in [-0.2, -0.15) is 5.48 Å². The molecule has 0 heterocycles. The van der Waals surface area contributed by atoms with Gasteiger partial charge in [-0.05, 0) is 12.8 Å². The van der Waals surface area contributed by atoms with E-state index in [2.05, 4.69) is 19.3 Å². The molecule has 0 aliphatic heterocycles. The number of carbonyl (C=O) groups is 1. The molecule has 20 heavy (non-hydrogen) atoms. The molecule has 0 rings (SSSR count). The summed E-state index contributed by atoms with van der Waals surface area (Å²) in [5.74, 6) is -0.107. The molecule has 0 amide bonds. The van der Waals surface area contributed by atoms with Crippen LogP contribution >= 0.6 is 0 Å². The third-order valence-electron chi connectivity index (χ3n) is 3.55. The van der Waals surface area contributed by atoms with E-state index in [0.29, 0.717) is 6.42 Å². The van der Waals surface area contributed by atoms with Gasteiger partial charge in [-0.1, -0.05) is 78.1 Å². The first-order valence-corrected chi connectivity index (χ1v) is 8.73. The second-order valence-corrected chi connectivity index (χ2v) is 5.65. The van der Waals surface area contributed by atoms with Crippen molar-refractivity contribution in [3.8, 4) is 0 Å². The lowest BCUT2D eigenvalue weighted by atomic mass is 10.1. The van der Waals surface area contributed by atoms with Crippen LogP contribution in [0.5, 0.6) is 0 Å². The number of hydroxylamine groups is 1. The minimum absolute atomic E-state index is 0.107. The van der Waals surface area contributed by atoms with Gasteiger partial charge in [0.25, 0.3) is 0 Å². The zero-order valence-electron chi connectivity index (χ0n) is 13.7. The van der Waals surface area contributed by atoms with E-state index in [-0.39, 0.29) is 5.97 Å². The highest BCUT2D eigenvalue weighted by Crippen LogP contribution is 2.10. The van der Waals surface area contributed by atoms with Gasteiger partial charge in [0.15, 0.2) is 0 Å². The average Bonchev–Trinajstić information content (AvgIpc) is 2.45. The van der Waals surface area contributed by atoms with Crippen molar-refractivity contribution in [2.24, 2.45) is 0 Å². The van der Waals surface area contributed by atoms with Crippen LogP contribution in [0.25, 0.3) is 0 Å². The molecule has 1 N–H and O–H groups in total. The number of hydrogen-bond donors (Lipinski definition) is 1. The molecule has 0 atom stereocenters.